The number of nitrogens with one attached hydrogen (secondary N) is 3. The molecule has 1 unspecified atom stereocenters. The lowest BCUT2D eigenvalue weighted by atomic mass is 10.1. The zero-order valence-electron chi connectivity index (χ0n) is 12.7. The summed E-state index contributed by atoms with van der Waals surface area (Å²) in [5.74, 6) is -0.361. The molecule has 7 heteroatoms. The van der Waals surface area contributed by atoms with Crippen LogP contribution >= 0.6 is 0 Å². The van der Waals surface area contributed by atoms with Gasteiger partial charge in [0.15, 0.2) is 0 Å². The highest BCUT2D eigenvalue weighted by atomic mass is 16.5. The average Bonchev–Trinajstić information content (AvgIpc) is 2.99. The van der Waals surface area contributed by atoms with E-state index in [1.165, 1.54) is 0 Å². The second-order valence-corrected chi connectivity index (χ2v) is 5.19. The van der Waals surface area contributed by atoms with E-state index in [-0.39, 0.29) is 18.5 Å². The number of esters is 1. The maximum atomic E-state index is 12.0. The summed E-state index contributed by atoms with van der Waals surface area (Å²) in [5, 5.41) is 8.72. The van der Waals surface area contributed by atoms with Crippen LogP contribution in [0.3, 0.4) is 0 Å². The van der Waals surface area contributed by atoms with E-state index >= 15 is 0 Å². The number of rotatable bonds is 6. The summed E-state index contributed by atoms with van der Waals surface area (Å²) >= 11 is 0. The van der Waals surface area contributed by atoms with E-state index in [0.717, 1.165) is 26.1 Å². The van der Waals surface area contributed by atoms with E-state index in [2.05, 4.69) is 27.8 Å². The number of amides is 2. The van der Waals surface area contributed by atoms with Gasteiger partial charge in [-0.3, -0.25) is 4.90 Å². The van der Waals surface area contributed by atoms with Crippen LogP contribution < -0.4 is 16.0 Å². The number of hydrogen-bond donors (Lipinski definition) is 3. The van der Waals surface area contributed by atoms with Crippen molar-refractivity contribution in [1.82, 2.24) is 20.9 Å². The summed E-state index contributed by atoms with van der Waals surface area (Å²) in [6.07, 6.45) is 1.09. The predicted octanol–water partition coefficient (Wildman–Crippen LogP) is -0.200. The van der Waals surface area contributed by atoms with Gasteiger partial charge < -0.3 is 20.7 Å². The molecule has 2 aliphatic heterocycles. The molecular weight excluding hydrogens is 272 g/mol. The zero-order chi connectivity index (χ0) is 15.2. The number of urea groups is 1. The molecule has 2 amide bonds. The van der Waals surface area contributed by atoms with Crippen molar-refractivity contribution < 1.29 is 14.3 Å². The van der Waals surface area contributed by atoms with Crippen molar-refractivity contribution in [3.63, 3.8) is 0 Å². The van der Waals surface area contributed by atoms with Gasteiger partial charge >= 0.3 is 12.0 Å². The van der Waals surface area contributed by atoms with Gasteiger partial charge in [0.2, 0.25) is 0 Å². The molecule has 7 nitrogen and oxygen atoms in total. The van der Waals surface area contributed by atoms with Crippen LogP contribution in [0.2, 0.25) is 0 Å². The summed E-state index contributed by atoms with van der Waals surface area (Å²) in [6.45, 7) is 7.80. The highest BCUT2D eigenvalue weighted by Crippen LogP contribution is 2.14. The van der Waals surface area contributed by atoms with Crippen molar-refractivity contribution >= 4 is 12.0 Å². The van der Waals surface area contributed by atoms with Gasteiger partial charge in [-0.15, -0.1) is 0 Å². The van der Waals surface area contributed by atoms with Crippen LogP contribution in [-0.4, -0.2) is 62.3 Å². The first kappa shape index (κ1) is 15.8. The monoisotopic (exact) mass is 296 g/mol. The molecule has 0 aromatic heterocycles. The Balaban J connectivity index is 2.13. The maximum absolute atomic E-state index is 12.0. The standard InChI is InChI=1S/C14H24N4O3/c1-3-18(10-5-6-15-7-10)9-12-11(13(19)21-4-2)8-16-14(20)17-12/h10,15H,3-9H2,1-2H3,(H2,16,17,20). The number of ether oxygens (including phenoxy) is 1. The minimum Gasteiger partial charge on any atom is -0.463 e. The van der Waals surface area contributed by atoms with Gasteiger partial charge in [0.05, 0.1) is 18.7 Å². The van der Waals surface area contributed by atoms with Crippen LogP contribution in [0.25, 0.3) is 0 Å². The molecule has 1 saturated heterocycles. The van der Waals surface area contributed by atoms with Gasteiger partial charge in [0.1, 0.15) is 0 Å². The molecule has 0 radical (unpaired) electrons. The molecule has 2 heterocycles. The molecule has 2 rings (SSSR count). The molecule has 21 heavy (non-hydrogen) atoms. The zero-order valence-corrected chi connectivity index (χ0v) is 12.7. The molecule has 0 spiro atoms. The predicted molar refractivity (Wildman–Crippen MR) is 78.7 cm³/mol. The average molecular weight is 296 g/mol. The number of carbonyl (C=O) groups excluding carboxylic acids is 2. The molecule has 3 N–H and O–H groups in total. The summed E-state index contributed by atoms with van der Waals surface area (Å²) in [4.78, 5) is 25.8. The Morgan fingerprint density at radius 3 is 2.86 bits per heavy atom. The van der Waals surface area contributed by atoms with Crippen LogP contribution in [0, 0.1) is 0 Å². The number of nitrogens with zero attached hydrogens (tertiary/aromatic N) is 1. The van der Waals surface area contributed by atoms with E-state index < -0.39 is 0 Å². The lowest BCUT2D eigenvalue weighted by Crippen LogP contribution is -2.48. The quantitative estimate of drug-likeness (QED) is 0.591. The SMILES string of the molecule is CCOC(=O)C1=C(CN(CC)C2CCNC2)NC(=O)NC1. The smallest absolute Gasteiger partial charge is 0.337 e. The van der Waals surface area contributed by atoms with Gasteiger partial charge in [-0.2, -0.15) is 0 Å². The molecule has 2 aliphatic rings. The minimum absolute atomic E-state index is 0.223. The van der Waals surface area contributed by atoms with Crippen molar-refractivity contribution in [1.29, 1.82) is 0 Å². The Morgan fingerprint density at radius 2 is 2.24 bits per heavy atom. The lowest BCUT2D eigenvalue weighted by molar-refractivity contribution is -0.138. The Kier molecular flexibility index (Phi) is 5.58. The molecular formula is C14H24N4O3. The van der Waals surface area contributed by atoms with Crippen LogP contribution in [-0.2, 0) is 9.53 Å². The van der Waals surface area contributed by atoms with Gasteiger partial charge in [-0.25, -0.2) is 9.59 Å². The number of carbonyl (C=O) groups is 2. The third-order valence-corrected chi connectivity index (χ3v) is 3.89. The molecule has 0 aromatic carbocycles. The molecule has 1 fully saturated rings. The van der Waals surface area contributed by atoms with E-state index in [4.69, 9.17) is 4.74 Å². The van der Waals surface area contributed by atoms with E-state index in [9.17, 15) is 9.59 Å². The highest BCUT2D eigenvalue weighted by Gasteiger charge is 2.27. The minimum atomic E-state index is -0.361. The summed E-state index contributed by atoms with van der Waals surface area (Å²) < 4.78 is 5.07. The Morgan fingerprint density at radius 1 is 1.43 bits per heavy atom. The Labute approximate surface area is 125 Å². The first-order valence-corrected chi connectivity index (χ1v) is 7.54. The highest BCUT2D eigenvalue weighted by molar-refractivity contribution is 5.93. The number of likely N-dealkylation sites (N-methyl/N-ethyl adjacent to an activating group) is 1. The second kappa shape index (κ2) is 7.42. The van der Waals surface area contributed by atoms with Crippen molar-refractivity contribution in [2.75, 3.05) is 39.3 Å². The molecule has 118 valence electrons. The van der Waals surface area contributed by atoms with Gasteiger partial charge in [0.25, 0.3) is 0 Å². The van der Waals surface area contributed by atoms with Crippen LogP contribution in [0.5, 0.6) is 0 Å². The van der Waals surface area contributed by atoms with Crippen LogP contribution in [0.4, 0.5) is 4.79 Å². The topological polar surface area (TPSA) is 82.7 Å². The lowest BCUT2D eigenvalue weighted by Gasteiger charge is -2.30. The summed E-state index contributed by atoms with van der Waals surface area (Å²) in [6, 6.07) is 0.177. The molecule has 0 aromatic rings. The van der Waals surface area contributed by atoms with Crippen molar-refractivity contribution in [2.24, 2.45) is 0 Å². The van der Waals surface area contributed by atoms with E-state index in [1.807, 2.05) is 0 Å². The molecule has 0 saturated carbocycles. The molecule has 1 atom stereocenters. The fraction of sp³-hybridized carbons (Fsp3) is 0.714. The Bertz CT molecular complexity index is 430. The third-order valence-electron chi connectivity index (χ3n) is 3.89. The van der Waals surface area contributed by atoms with Gasteiger partial charge in [-0.05, 0) is 26.4 Å². The van der Waals surface area contributed by atoms with Crippen molar-refractivity contribution in [3.05, 3.63) is 11.3 Å². The second-order valence-electron chi connectivity index (χ2n) is 5.19. The third kappa shape index (κ3) is 3.95. The normalized spacial score (nSPS) is 22.2. The number of hydrogen-bond acceptors (Lipinski definition) is 5. The van der Waals surface area contributed by atoms with Crippen LogP contribution in [0.15, 0.2) is 11.3 Å². The molecule has 0 aliphatic carbocycles. The van der Waals surface area contributed by atoms with Crippen molar-refractivity contribution in [3.8, 4) is 0 Å². The first-order valence-electron chi connectivity index (χ1n) is 7.54. The fourth-order valence-corrected chi connectivity index (χ4v) is 2.73. The van der Waals surface area contributed by atoms with Gasteiger partial charge in [-0.1, -0.05) is 6.92 Å². The maximum Gasteiger partial charge on any atom is 0.337 e. The summed E-state index contributed by atoms with van der Waals surface area (Å²) in [5.41, 5.74) is 1.17. The fourth-order valence-electron chi connectivity index (χ4n) is 2.73. The van der Waals surface area contributed by atoms with Crippen LogP contribution in [0.1, 0.15) is 20.3 Å². The van der Waals surface area contributed by atoms with E-state index in [0.29, 0.717) is 30.5 Å². The molecule has 0 bridgehead atoms. The summed E-state index contributed by atoms with van der Waals surface area (Å²) in [7, 11) is 0. The largest absolute Gasteiger partial charge is 0.463 e. The van der Waals surface area contributed by atoms with Crippen molar-refractivity contribution in [2.45, 2.75) is 26.3 Å². The first-order chi connectivity index (χ1) is 10.2. The Hall–Kier alpha value is -1.60. The van der Waals surface area contributed by atoms with E-state index in [1.54, 1.807) is 6.92 Å². The van der Waals surface area contributed by atoms with Gasteiger partial charge in [0, 0.05) is 24.8 Å².